The molecule has 4 rings (SSSR count). The smallest absolute Gasteiger partial charge is 0.226 e. The van der Waals surface area contributed by atoms with Gasteiger partial charge in [0.25, 0.3) is 0 Å². The topological polar surface area (TPSA) is 97.7 Å². The first-order chi connectivity index (χ1) is 10.1. The highest BCUT2D eigenvalue weighted by Crippen LogP contribution is 2.44. The van der Waals surface area contributed by atoms with E-state index < -0.39 is 11.8 Å². The summed E-state index contributed by atoms with van der Waals surface area (Å²) < 4.78 is 11.1. The van der Waals surface area contributed by atoms with Crippen LogP contribution in [-0.4, -0.2) is 63.2 Å². The van der Waals surface area contributed by atoms with E-state index in [4.69, 9.17) is 9.37 Å². The molecule has 21 heavy (non-hydrogen) atoms. The van der Waals surface area contributed by atoms with Gasteiger partial charge in [-0.2, -0.15) is 4.74 Å². The van der Waals surface area contributed by atoms with Crippen LogP contribution in [0.25, 0.3) is 0 Å². The summed E-state index contributed by atoms with van der Waals surface area (Å²) in [7, 11) is 0. The monoisotopic (exact) mass is 294 g/mol. The fourth-order valence-corrected chi connectivity index (χ4v) is 3.87. The van der Waals surface area contributed by atoms with Crippen LogP contribution in [0.5, 0.6) is 0 Å². The number of hydrogen-bond donors (Lipinski definition) is 1. The summed E-state index contributed by atoms with van der Waals surface area (Å²) in [5.74, 6) is -0.297. The minimum atomic E-state index is -1.36. The lowest BCUT2D eigenvalue weighted by Gasteiger charge is -2.34. The van der Waals surface area contributed by atoms with Crippen molar-refractivity contribution in [3.05, 3.63) is 16.6 Å². The molecule has 0 unspecified atom stereocenters. The van der Waals surface area contributed by atoms with Gasteiger partial charge in [-0.15, -0.1) is 0 Å². The molecule has 1 aliphatic carbocycles. The molecule has 0 saturated carbocycles. The molecule has 0 spiro atoms. The lowest BCUT2D eigenvalue weighted by Crippen LogP contribution is -2.51. The van der Waals surface area contributed by atoms with E-state index in [1.54, 1.807) is 0 Å². The van der Waals surface area contributed by atoms with Crippen LogP contribution < -0.4 is 0 Å². The van der Waals surface area contributed by atoms with Gasteiger partial charge in [0, 0.05) is 25.9 Å². The third kappa shape index (κ3) is 1.63. The van der Waals surface area contributed by atoms with E-state index in [2.05, 4.69) is 15.2 Å². The van der Waals surface area contributed by atoms with Crippen molar-refractivity contribution >= 4 is 5.71 Å². The Hall–Kier alpha value is -1.51. The standard InChI is InChI=1S/C13H18N4O4/c1-8-12(16-4-6-20-7-5-16)17(19)10-3-2-9-11(13(8,10)18)15-21-14-9/h8,12,18H,2-7H2,1H3/t8-,12+,13+/m1/s1. The first kappa shape index (κ1) is 13.2. The minimum Gasteiger partial charge on any atom is -0.623 e. The normalized spacial score (nSPS) is 36.7. The summed E-state index contributed by atoms with van der Waals surface area (Å²) in [4.78, 5) is 2.08. The predicted molar refractivity (Wildman–Crippen MR) is 70.5 cm³/mol. The number of morpholine rings is 1. The van der Waals surface area contributed by atoms with Gasteiger partial charge < -0.3 is 15.1 Å². The molecule has 3 atom stereocenters. The molecule has 0 aromatic carbocycles. The van der Waals surface area contributed by atoms with Crippen molar-refractivity contribution in [2.24, 2.45) is 5.92 Å². The van der Waals surface area contributed by atoms with Gasteiger partial charge in [0.05, 0.1) is 19.1 Å². The van der Waals surface area contributed by atoms with Crippen LogP contribution in [0.2, 0.25) is 0 Å². The van der Waals surface area contributed by atoms with E-state index in [0.29, 0.717) is 56.2 Å². The lowest BCUT2D eigenvalue weighted by molar-refractivity contribution is -0.531. The van der Waals surface area contributed by atoms with Crippen molar-refractivity contribution in [2.75, 3.05) is 26.3 Å². The zero-order valence-electron chi connectivity index (χ0n) is 11.9. The molecule has 0 radical (unpaired) electrons. The van der Waals surface area contributed by atoms with Crippen LogP contribution in [0.4, 0.5) is 0 Å². The summed E-state index contributed by atoms with van der Waals surface area (Å²) in [5.41, 5.74) is 0.185. The Morgan fingerprint density at radius 2 is 2.10 bits per heavy atom. The molecule has 3 heterocycles. The first-order valence-corrected chi connectivity index (χ1v) is 7.32. The molecule has 1 saturated heterocycles. The van der Waals surface area contributed by atoms with Crippen LogP contribution in [0.1, 0.15) is 24.7 Å². The molecule has 0 amide bonds. The Morgan fingerprint density at radius 3 is 2.86 bits per heavy atom. The second-order valence-corrected chi connectivity index (χ2v) is 5.95. The van der Waals surface area contributed by atoms with Crippen molar-refractivity contribution in [3.63, 3.8) is 0 Å². The molecule has 1 aromatic rings. The summed E-state index contributed by atoms with van der Waals surface area (Å²) in [6.45, 7) is 4.51. The average molecular weight is 294 g/mol. The second kappa shape index (κ2) is 4.49. The van der Waals surface area contributed by atoms with Crippen molar-refractivity contribution in [2.45, 2.75) is 31.5 Å². The van der Waals surface area contributed by atoms with E-state index in [-0.39, 0.29) is 5.92 Å². The molecule has 1 fully saturated rings. The van der Waals surface area contributed by atoms with Crippen LogP contribution in [-0.2, 0) is 16.8 Å². The highest BCUT2D eigenvalue weighted by atomic mass is 16.6. The van der Waals surface area contributed by atoms with Gasteiger partial charge in [0.2, 0.25) is 17.5 Å². The number of aryl methyl sites for hydroxylation is 1. The predicted octanol–water partition coefficient (Wildman–Crippen LogP) is -0.537. The Balaban J connectivity index is 1.77. The molecule has 2 aliphatic heterocycles. The number of nitrogens with zero attached hydrogens (tertiary/aromatic N) is 4. The maximum absolute atomic E-state index is 12.7. The molecular formula is C13H18N4O4. The van der Waals surface area contributed by atoms with Gasteiger partial charge in [-0.1, -0.05) is 17.2 Å². The fourth-order valence-electron chi connectivity index (χ4n) is 3.87. The summed E-state index contributed by atoms with van der Waals surface area (Å²) in [6, 6.07) is 0. The Morgan fingerprint density at radius 1 is 1.33 bits per heavy atom. The minimum absolute atomic E-state index is 0.297. The third-order valence-corrected chi connectivity index (χ3v) is 4.99. The first-order valence-electron chi connectivity index (χ1n) is 7.32. The van der Waals surface area contributed by atoms with Gasteiger partial charge in [0.15, 0.2) is 5.69 Å². The second-order valence-electron chi connectivity index (χ2n) is 5.95. The van der Waals surface area contributed by atoms with Crippen molar-refractivity contribution in [1.82, 2.24) is 15.2 Å². The van der Waals surface area contributed by atoms with Crippen LogP contribution in [0, 0.1) is 11.1 Å². The van der Waals surface area contributed by atoms with Crippen molar-refractivity contribution < 1.29 is 19.2 Å². The Bertz CT molecular complexity index is 595. The zero-order chi connectivity index (χ0) is 14.6. The third-order valence-electron chi connectivity index (χ3n) is 4.99. The van der Waals surface area contributed by atoms with Crippen LogP contribution in [0.15, 0.2) is 4.63 Å². The highest BCUT2D eigenvalue weighted by molar-refractivity contribution is 5.92. The Labute approximate surface area is 121 Å². The molecule has 8 heteroatoms. The number of fused-ring (bicyclic) bond motifs is 3. The average Bonchev–Trinajstić information content (AvgIpc) is 3.04. The number of aliphatic hydroxyl groups is 1. The van der Waals surface area contributed by atoms with Gasteiger partial charge in [-0.25, -0.2) is 9.53 Å². The van der Waals surface area contributed by atoms with E-state index in [1.165, 1.54) is 0 Å². The Kier molecular flexibility index (Phi) is 2.82. The lowest BCUT2D eigenvalue weighted by atomic mass is 9.76. The quantitative estimate of drug-likeness (QED) is 0.549. The van der Waals surface area contributed by atoms with Gasteiger partial charge >= 0.3 is 0 Å². The number of aromatic nitrogens is 2. The molecule has 1 aromatic heterocycles. The fraction of sp³-hybridized carbons (Fsp3) is 0.769. The SMILES string of the molecule is C[C@@H]1[C@@H](N2CCOCC2)[N+]([O-])=C2CCc3nonc3[C@@]21O. The van der Waals surface area contributed by atoms with Crippen molar-refractivity contribution in [3.8, 4) is 0 Å². The van der Waals surface area contributed by atoms with Crippen molar-refractivity contribution in [1.29, 1.82) is 0 Å². The van der Waals surface area contributed by atoms with Crippen LogP contribution >= 0.6 is 0 Å². The summed E-state index contributed by atoms with van der Waals surface area (Å²) in [6.07, 6.45) is 0.681. The molecule has 3 aliphatic rings. The van der Waals surface area contributed by atoms with Crippen LogP contribution in [0.3, 0.4) is 0 Å². The molecule has 1 N–H and O–H groups in total. The number of rotatable bonds is 1. The van der Waals surface area contributed by atoms with E-state index >= 15 is 0 Å². The van der Waals surface area contributed by atoms with Gasteiger partial charge in [-0.05, 0) is 0 Å². The highest BCUT2D eigenvalue weighted by Gasteiger charge is 2.63. The molecule has 0 bridgehead atoms. The van der Waals surface area contributed by atoms with E-state index in [9.17, 15) is 10.3 Å². The van der Waals surface area contributed by atoms with E-state index in [1.807, 2.05) is 6.92 Å². The van der Waals surface area contributed by atoms with E-state index in [0.717, 1.165) is 4.74 Å². The molecule has 114 valence electrons. The van der Waals surface area contributed by atoms with Gasteiger partial charge in [-0.3, -0.25) is 0 Å². The molecule has 8 nitrogen and oxygen atoms in total. The number of hydrogen-bond acceptors (Lipinski definition) is 7. The molecular weight excluding hydrogens is 276 g/mol. The summed E-state index contributed by atoms with van der Waals surface area (Å²) >= 11 is 0. The maximum atomic E-state index is 12.7. The maximum Gasteiger partial charge on any atom is 0.226 e. The van der Waals surface area contributed by atoms with Gasteiger partial charge in [0.1, 0.15) is 5.69 Å². The zero-order valence-corrected chi connectivity index (χ0v) is 11.9. The summed E-state index contributed by atoms with van der Waals surface area (Å²) in [5, 5.41) is 31.7. The largest absolute Gasteiger partial charge is 0.623 e. The number of ether oxygens (including phenoxy) is 1. The number of hydroxylamine groups is 1.